The fraction of sp³-hybridized carbons (Fsp3) is 0.391. The molecule has 2 aliphatic rings. The molecule has 6 nitrogen and oxygen atoms in total. The first-order valence-electron chi connectivity index (χ1n) is 10.3. The number of hydrogen-bond donors (Lipinski definition) is 0. The van der Waals surface area contributed by atoms with E-state index in [1.807, 2.05) is 36.4 Å². The summed E-state index contributed by atoms with van der Waals surface area (Å²) in [6.07, 6.45) is 0.837. The lowest BCUT2D eigenvalue weighted by Gasteiger charge is -2.38. The molecule has 2 aliphatic heterocycles. The number of piperidine rings is 1. The molecule has 164 valence electrons. The lowest BCUT2D eigenvalue weighted by atomic mass is 9.95. The number of benzene rings is 2. The van der Waals surface area contributed by atoms with Crippen molar-refractivity contribution in [3.63, 3.8) is 0 Å². The SMILES string of the molecule is COC(=O)C1CN(C(=O)C2CCCN(Cc3c(Cl)cccc3Cl)C2)c2ccccc2O1. The van der Waals surface area contributed by atoms with E-state index in [0.29, 0.717) is 34.6 Å². The van der Waals surface area contributed by atoms with Crippen LogP contribution in [-0.4, -0.2) is 49.6 Å². The van der Waals surface area contributed by atoms with E-state index in [-0.39, 0.29) is 18.4 Å². The molecule has 0 aromatic heterocycles. The summed E-state index contributed by atoms with van der Waals surface area (Å²) in [7, 11) is 1.32. The van der Waals surface area contributed by atoms with Crippen molar-refractivity contribution in [1.29, 1.82) is 0 Å². The highest BCUT2D eigenvalue weighted by Gasteiger charge is 2.38. The van der Waals surface area contributed by atoms with E-state index in [1.54, 1.807) is 11.0 Å². The molecule has 0 radical (unpaired) electrons. The van der Waals surface area contributed by atoms with Crippen LogP contribution in [0.3, 0.4) is 0 Å². The molecular weight excluding hydrogens is 439 g/mol. The fourth-order valence-corrected chi connectivity index (χ4v) is 4.74. The zero-order valence-corrected chi connectivity index (χ0v) is 18.7. The highest BCUT2D eigenvalue weighted by molar-refractivity contribution is 6.35. The molecule has 1 saturated heterocycles. The quantitative estimate of drug-likeness (QED) is 0.638. The number of carbonyl (C=O) groups excluding carboxylic acids is 2. The van der Waals surface area contributed by atoms with Crippen molar-refractivity contribution in [3.8, 4) is 5.75 Å². The minimum atomic E-state index is -0.842. The summed E-state index contributed by atoms with van der Waals surface area (Å²) >= 11 is 12.7. The average Bonchev–Trinajstić information content (AvgIpc) is 2.80. The molecule has 0 spiro atoms. The Labute approximate surface area is 191 Å². The van der Waals surface area contributed by atoms with Gasteiger partial charge < -0.3 is 14.4 Å². The van der Waals surface area contributed by atoms with Gasteiger partial charge in [-0.3, -0.25) is 9.69 Å². The number of para-hydroxylation sites is 2. The van der Waals surface area contributed by atoms with Crippen LogP contribution in [0.25, 0.3) is 0 Å². The predicted molar refractivity (Wildman–Crippen MR) is 120 cm³/mol. The van der Waals surface area contributed by atoms with Crippen LogP contribution in [0.1, 0.15) is 18.4 Å². The summed E-state index contributed by atoms with van der Waals surface area (Å²) in [5.74, 6) is -0.196. The summed E-state index contributed by atoms with van der Waals surface area (Å²) in [6.45, 7) is 2.20. The Hall–Kier alpha value is -2.28. The average molecular weight is 463 g/mol. The molecule has 4 rings (SSSR count). The van der Waals surface area contributed by atoms with Crippen LogP contribution in [0.5, 0.6) is 5.75 Å². The standard InChI is InChI=1S/C23H24Cl2N2O4/c1-30-23(29)21-14-27(19-9-2-3-10-20(19)31-21)22(28)15-6-5-11-26(12-15)13-16-17(24)7-4-8-18(16)25/h2-4,7-10,15,21H,5-6,11-14H2,1H3. The second-order valence-corrected chi connectivity index (χ2v) is 8.64. The van der Waals surface area contributed by atoms with Gasteiger partial charge in [0.05, 0.1) is 25.3 Å². The molecule has 2 unspecified atom stereocenters. The van der Waals surface area contributed by atoms with E-state index < -0.39 is 12.1 Å². The van der Waals surface area contributed by atoms with Crippen LogP contribution in [0, 0.1) is 5.92 Å². The highest BCUT2D eigenvalue weighted by Crippen LogP contribution is 2.35. The Kier molecular flexibility index (Phi) is 6.70. The lowest BCUT2D eigenvalue weighted by molar-refractivity contribution is -0.148. The molecular formula is C23H24Cl2N2O4. The molecule has 1 fully saturated rings. The first-order valence-corrected chi connectivity index (χ1v) is 11.0. The summed E-state index contributed by atoms with van der Waals surface area (Å²) in [6, 6.07) is 12.7. The van der Waals surface area contributed by atoms with Crippen LogP contribution in [0.4, 0.5) is 5.69 Å². The second-order valence-electron chi connectivity index (χ2n) is 7.82. The van der Waals surface area contributed by atoms with Gasteiger partial charge in [-0.15, -0.1) is 0 Å². The third-order valence-corrected chi connectivity index (χ3v) is 6.51. The van der Waals surface area contributed by atoms with Crippen molar-refractivity contribution in [2.75, 3.05) is 31.6 Å². The van der Waals surface area contributed by atoms with Crippen LogP contribution in [0.15, 0.2) is 42.5 Å². The number of nitrogens with zero attached hydrogens (tertiary/aromatic N) is 2. The Morgan fingerprint density at radius 2 is 1.84 bits per heavy atom. The molecule has 0 aliphatic carbocycles. The van der Waals surface area contributed by atoms with Crippen LogP contribution >= 0.6 is 23.2 Å². The first kappa shape index (κ1) is 21.9. The molecule has 31 heavy (non-hydrogen) atoms. The third kappa shape index (κ3) is 4.66. The van der Waals surface area contributed by atoms with Gasteiger partial charge in [-0.2, -0.15) is 0 Å². The van der Waals surface area contributed by atoms with E-state index in [0.717, 1.165) is 24.9 Å². The van der Waals surface area contributed by atoms with Crippen molar-refractivity contribution >= 4 is 40.8 Å². The normalized spacial score (nSPS) is 21.2. The van der Waals surface area contributed by atoms with Gasteiger partial charge in [0.25, 0.3) is 0 Å². The van der Waals surface area contributed by atoms with Gasteiger partial charge in [0.2, 0.25) is 12.0 Å². The summed E-state index contributed by atoms with van der Waals surface area (Å²) in [5.41, 5.74) is 1.56. The number of carbonyl (C=O) groups is 2. The van der Waals surface area contributed by atoms with E-state index in [2.05, 4.69) is 4.90 Å². The van der Waals surface area contributed by atoms with Crippen molar-refractivity contribution in [3.05, 3.63) is 58.1 Å². The molecule has 8 heteroatoms. The van der Waals surface area contributed by atoms with E-state index in [1.165, 1.54) is 7.11 Å². The highest BCUT2D eigenvalue weighted by atomic mass is 35.5. The monoisotopic (exact) mass is 462 g/mol. The van der Waals surface area contributed by atoms with E-state index in [9.17, 15) is 9.59 Å². The number of esters is 1. The molecule has 1 amide bonds. The van der Waals surface area contributed by atoms with Crippen molar-refractivity contribution in [2.24, 2.45) is 5.92 Å². The minimum absolute atomic E-state index is 0.0143. The number of likely N-dealkylation sites (tertiary alicyclic amines) is 1. The largest absolute Gasteiger partial charge is 0.475 e. The lowest BCUT2D eigenvalue weighted by Crippen LogP contribution is -2.51. The number of fused-ring (bicyclic) bond motifs is 1. The number of amides is 1. The van der Waals surface area contributed by atoms with Gasteiger partial charge >= 0.3 is 5.97 Å². The number of anilines is 1. The zero-order valence-electron chi connectivity index (χ0n) is 17.2. The minimum Gasteiger partial charge on any atom is -0.475 e. The molecule has 2 atom stereocenters. The first-order chi connectivity index (χ1) is 15.0. The Balaban J connectivity index is 1.52. The van der Waals surface area contributed by atoms with Gasteiger partial charge in [-0.05, 0) is 43.7 Å². The Morgan fingerprint density at radius 1 is 1.10 bits per heavy atom. The maximum absolute atomic E-state index is 13.5. The summed E-state index contributed by atoms with van der Waals surface area (Å²) in [4.78, 5) is 29.5. The predicted octanol–water partition coefficient (Wildman–Crippen LogP) is 4.17. The molecule has 2 aromatic carbocycles. The molecule has 2 aromatic rings. The number of halogens is 2. The smallest absolute Gasteiger partial charge is 0.348 e. The number of ether oxygens (including phenoxy) is 2. The van der Waals surface area contributed by atoms with Gasteiger partial charge in [-0.25, -0.2) is 4.79 Å². The Bertz CT molecular complexity index is 964. The number of rotatable bonds is 4. The number of methoxy groups -OCH3 is 1. The summed E-state index contributed by atoms with van der Waals surface area (Å²) in [5, 5.41) is 1.26. The maximum atomic E-state index is 13.5. The van der Waals surface area contributed by atoms with E-state index >= 15 is 0 Å². The van der Waals surface area contributed by atoms with E-state index in [4.69, 9.17) is 32.7 Å². The molecule has 0 bridgehead atoms. The molecule has 2 heterocycles. The molecule has 0 saturated carbocycles. The van der Waals surface area contributed by atoms with Gasteiger partial charge in [0, 0.05) is 28.7 Å². The van der Waals surface area contributed by atoms with Crippen LogP contribution in [0.2, 0.25) is 10.0 Å². The zero-order chi connectivity index (χ0) is 22.0. The Morgan fingerprint density at radius 3 is 2.58 bits per heavy atom. The van der Waals surface area contributed by atoms with Crippen molar-refractivity contribution in [2.45, 2.75) is 25.5 Å². The van der Waals surface area contributed by atoms with Crippen molar-refractivity contribution < 1.29 is 19.1 Å². The van der Waals surface area contributed by atoms with Gasteiger partial charge in [0.1, 0.15) is 5.75 Å². The van der Waals surface area contributed by atoms with Gasteiger partial charge in [-0.1, -0.05) is 41.4 Å². The van der Waals surface area contributed by atoms with Crippen molar-refractivity contribution in [1.82, 2.24) is 4.90 Å². The number of hydrogen-bond acceptors (Lipinski definition) is 5. The summed E-state index contributed by atoms with van der Waals surface area (Å²) < 4.78 is 10.6. The van der Waals surface area contributed by atoms with Gasteiger partial charge in [0.15, 0.2) is 0 Å². The van der Waals surface area contributed by atoms with Crippen LogP contribution < -0.4 is 9.64 Å². The maximum Gasteiger partial charge on any atom is 0.348 e. The fourth-order valence-electron chi connectivity index (χ4n) is 4.23. The second kappa shape index (κ2) is 9.47. The topological polar surface area (TPSA) is 59.1 Å². The van der Waals surface area contributed by atoms with Crippen LogP contribution in [-0.2, 0) is 20.9 Å². The third-order valence-electron chi connectivity index (χ3n) is 5.80. The molecule has 0 N–H and O–H groups in total.